The quantitative estimate of drug-likeness (QED) is 0.149. The number of methoxy groups -OCH3 is 1. The van der Waals surface area contributed by atoms with Crippen LogP contribution in [0, 0.1) is 10.1 Å². The number of rotatable bonds is 9. The Labute approximate surface area is 231 Å². The van der Waals surface area contributed by atoms with Crippen LogP contribution in [0.25, 0.3) is 0 Å². The monoisotopic (exact) mass is 659 g/mol. The molecule has 0 unspecified atom stereocenters. The topological polar surface area (TPSA) is 112 Å². The van der Waals surface area contributed by atoms with Crippen LogP contribution in [0.2, 0.25) is 0 Å². The second-order valence-electron chi connectivity index (χ2n) is 7.34. The number of ether oxygens (including phenoxy) is 3. The van der Waals surface area contributed by atoms with Gasteiger partial charge >= 0.3 is 11.9 Å². The van der Waals surface area contributed by atoms with Crippen LogP contribution < -0.4 is 19.6 Å². The number of halogens is 5. The Bertz CT molecular complexity index is 1400. The predicted molar refractivity (Wildman–Crippen MR) is 139 cm³/mol. The standard InChI is InChI=1S/C24H18Br2F3N3O6/c1-3-37-20-6-4-13(9-21(20)36-2)23(33)31-30-12-14-8-16(25)11-17(26)22(14)38-19-7-5-15(24(27,28)29)10-18(19)32(34)35/h4-12H,3H2,1-2H3,(H,31,33)/b30-12+. The van der Waals surface area contributed by atoms with Gasteiger partial charge in [0, 0.05) is 21.7 Å². The van der Waals surface area contributed by atoms with Gasteiger partial charge in [-0.1, -0.05) is 15.9 Å². The predicted octanol–water partition coefficient (Wildman–Crippen LogP) is 7.10. The van der Waals surface area contributed by atoms with Crippen molar-refractivity contribution in [3.8, 4) is 23.0 Å². The molecule has 3 aromatic rings. The molecule has 200 valence electrons. The smallest absolute Gasteiger partial charge is 0.416 e. The Morgan fingerprint density at radius 1 is 1.11 bits per heavy atom. The van der Waals surface area contributed by atoms with E-state index in [0.29, 0.717) is 39.2 Å². The van der Waals surface area contributed by atoms with Gasteiger partial charge < -0.3 is 14.2 Å². The lowest BCUT2D eigenvalue weighted by atomic mass is 10.1. The number of carbonyl (C=O) groups is 1. The van der Waals surface area contributed by atoms with E-state index in [1.165, 1.54) is 31.5 Å². The van der Waals surface area contributed by atoms with Crippen LogP contribution in [0.5, 0.6) is 23.0 Å². The number of nitrogens with zero attached hydrogens (tertiary/aromatic N) is 2. The lowest BCUT2D eigenvalue weighted by molar-refractivity contribution is -0.385. The van der Waals surface area contributed by atoms with Gasteiger partial charge in [0.15, 0.2) is 17.2 Å². The van der Waals surface area contributed by atoms with Crippen molar-refractivity contribution in [1.82, 2.24) is 5.43 Å². The van der Waals surface area contributed by atoms with E-state index >= 15 is 0 Å². The molecule has 0 saturated heterocycles. The molecule has 0 spiro atoms. The molecule has 0 saturated carbocycles. The molecule has 3 aromatic carbocycles. The zero-order valence-corrected chi connectivity index (χ0v) is 22.8. The highest BCUT2D eigenvalue weighted by Crippen LogP contribution is 2.41. The number of alkyl halides is 3. The summed E-state index contributed by atoms with van der Waals surface area (Å²) in [5, 5.41) is 15.4. The second-order valence-corrected chi connectivity index (χ2v) is 9.11. The minimum Gasteiger partial charge on any atom is -0.493 e. The first kappa shape index (κ1) is 28.9. The molecular formula is C24H18Br2F3N3O6. The van der Waals surface area contributed by atoms with E-state index in [9.17, 15) is 28.1 Å². The molecule has 14 heteroatoms. The number of amides is 1. The molecule has 0 radical (unpaired) electrons. The Morgan fingerprint density at radius 2 is 1.82 bits per heavy atom. The molecule has 3 rings (SSSR count). The summed E-state index contributed by atoms with van der Waals surface area (Å²) in [6.07, 6.45) is -3.56. The van der Waals surface area contributed by atoms with Gasteiger partial charge in [-0.05, 0) is 65.3 Å². The second kappa shape index (κ2) is 12.3. The molecule has 0 aliphatic heterocycles. The van der Waals surface area contributed by atoms with E-state index in [-0.39, 0.29) is 16.9 Å². The average molecular weight is 661 g/mol. The molecule has 38 heavy (non-hydrogen) atoms. The number of nitro benzene ring substituents is 1. The van der Waals surface area contributed by atoms with Crippen LogP contribution in [-0.4, -0.2) is 30.8 Å². The number of benzene rings is 3. The van der Waals surface area contributed by atoms with Crippen molar-refractivity contribution >= 4 is 49.7 Å². The summed E-state index contributed by atoms with van der Waals surface area (Å²) < 4.78 is 56.3. The van der Waals surface area contributed by atoms with E-state index in [4.69, 9.17) is 14.2 Å². The van der Waals surface area contributed by atoms with Crippen LogP contribution >= 0.6 is 31.9 Å². The molecule has 9 nitrogen and oxygen atoms in total. The Kier molecular flexibility index (Phi) is 9.33. The minimum atomic E-state index is -4.77. The summed E-state index contributed by atoms with van der Waals surface area (Å²) in [7, 11) is 1.44. The summed E-state index contributed by atoms with van der Waals surface area (Å²) in [5.74, 6) is -0.165. The zero-order chi connectivity index (χ0) is 28.0. The van der Waals surface area contributed by atoms with E-state index in [2.05, 4.69) is 42.4 Å². The van der Waals surface area contributed by atoms with Crippen LogP contribution in [0.15, 0.2) is 62.6 Å². The molecular weight excluding hydrogens is 643 g/mol. The lowest BCUT2D eigenvalue weighted by Gasteiger charge is -2.13. The molecule has 0 aliphatic rings. The van der Waals surface area contributed by atoms with Crippen molar-refractivity contribution in [1.29, 1.82) is 0 Å². The van der Waals surface area contributed by atoms with Gasteiger partial charge in [-0.3, -0.25) is 14.9 Å². The van der Waals surface area contributed by atoms with E-state index in [1.807, 2.05) is 6.92 Å². The Morgan fingerprint density at radius 3 is 2.45 bits per heavy atom. The fourth-order valence-corrected chi connectivity index (χ4v) is 4.46. The summed E-state index contributed by atoms with van der Waals surface area (Å²) in [5.41, 5.74) is 0.749. The van der Waals surface area contributed by atoms with Crippen LogP contribution in [0.3, 0.4) is 0 Å². The maximum atomic E-state index is 13.0. The van der Waals surface area contributed by atoms with Gasteiger partial charge in [-0.2, -0.15) is 18.3 Å². The molecule has 0 fully saturated rings. The van der Waals surface area contributed by atoms with Gasteiger partial charge in [0.1, 0.15) is 0 Å². The summed E-state index contributed by atoms with van der Waals surface area (Å²) >= 11 is 6.58. The third-order valence-electron chi connectivity index (χ3n) is 4.83. The highest BCUT2D eigenvalue weighted by molar-refractivity contribution is 9.11. The van der Waals surface area contributed by atoms with Gasteiger partial charge in [0.25, 0.3) is 5.91 Å². The maximum absolute atomic E-state index is 13.0. The fourth-order valence-electron chi connectivity index (χ4n) is 3.13. The highest BCUT2D eigenvalue weighted by atomic mass is 79.9. The SMILES string of the molecule is CCOc1ccc(C(=O)N/N=C/c2cc(Br)cc(Br)c2Oc2ccc(C(F)(F)F)cc2[N+](=O)[O-])cc1OC. The zero-order valence-electron chi connectivity index (χ0n) is 19.6. The number of nitrogens with one attached hydrogen (secondary N) is 1. The van der Waals surface area contributed by atoms with Crippen LogP contribution in [0.1, 0.15) is 28.4 Å². The Hall–Kier alpha value is -3.65. The minimum absolute atomic E-state index is 0.0109. The first-order valence-electron chi connectivity index (χ1n) is 10.6. The number of carbonyl (C=O) groups excluding carboxylic acids is 1. The highest BCUT2D eigenvalue weighted by Gasteiger charge is 2.33. The lowest BCUT2D eigenvalue weighted by Crippen LogP contribution is -2.17. The van der Waals surface area contributed by atoms with E-state index in [0.717, 1.165) is 6.07 Å². The largest absolute Gasteiger partial charge is 0.493 e. The van der Waals surface area contributed by atoms with Crippen molar-refractivity contribution < 1.29 is 37.1 Å². The van der Waals surface area contributed by atoms with Gasteiger partial charge in [0.2, 0.25) is 5.75 Å². The summed E-state index contributed by atoms with van der Waals surface area (Å²) in [6.45, 7) is 2.22. The number of hydrogen-bond acceptors (Lipinski definition) is 7. The molecule has 1 amide bonds. The maximum Gasteiger partial charge on any atom is 0.416 e. The van der Waals surface area contributed by atoms with Crippen molar-refractivity contribution in [2.24, 2.45) is 5.10 Å². The van der Waals surface area contributed by atoms with E-state index in [1.54, 1.807) is 12.1 Å². The number of nitro groups is 1. The normalized spacial score (nSPS) is 11.3. The van der Waals surface area contributed by atoms with Crippen molar-refractivity contribution in [3.05, 3.63) is 84.3 Å². The molecule has 0 heterocycles. The van der Waals surface area contributed by atoms with Crippen molar-refractivity contribution in [3.63, 3.8) is 0 Å². The fraction of sp³-hybridized carbons (Fsp3) is 0.167. The van der Waals surface area contributed by atoms with Gasteiger partial charge in [0.05, 0.1) is 34.9 Å². The average Bonchev–Trinajstić information content (AvgIpc) is 2.85. The number of hydrogen-bond donors (Lipinski definition) is 1. The first-order chi connectivity index (χ1) is 17.9. The third-order valence-corrected chi connectivity index (χ3v) is 5.87. The summed E-state index contributed by atoms with van der Waals surface area (Å²) in [4.78, 5) is 23.0. The van der Waals surface area contributed by atoms with E-state index < -0.39 is 34.0 Å². The Balaban J connectivity index is 1.89. The molecule has 0 bridgehead atoms. The molecule has 0 atom stereocenters. The van der Waals surface area contributed by atoms with Gasteiger partial charge in [-0.25, -0.2) is 5.43 Å². The van der Waals surface area contributed by atoms with Gasteiger partial charge in [-0.15, -0.1) is 0 Å². The molecule has 0 aliphatic carbocycles. The van der Waals surface area contributed by atoms with Crippen LogP contribution in [-0.2, 0) is 6.18 Å². The number of hydrazone groups is 1. The summed E-state index contributed by atoms with van der Waals surface area (Å²) in [6, 6.07) is 9.59. The molecule has 0 aromatic heterocycles. The first-order valence-corrected chi connectivity index (χ1v) is 12.2. The van der Waals surface area contributed by atoms with Crippen molar-refractivity contribution in [2.75, 3.05) is 13.7 Å². The third kappa shape index (κ3) is 7.01. The van der Waals surface area contributed by atoms with Crippen LogP contribution in [0.4, 0.5) is 18.9 Å². The molecule has 1 N–H and O–H groups in total. The van der Waals surface area contributed by atoms with Crippen molar-refractivity contribution in [2.45, 2.75) is 13.1 Å².